The van der Waals surface area contributed by atoms with Crippen LogP contribution in [0.1, 0.15) is 70.0 Å². The number of allylic oxidation sites excluding steroid dienone is 3. The predicted molar refractivity (Wildman–Crippen MR) is 147 cm³/mol. The lowest BCUT2D eigenvalue weighted by Gasteiger charge is -2.21. The average Bonchev–Trinajstić information content (AvgIpc) is 3.54. The first-order valence-corrected chi connectivity index (χ1v) is 14.1. The van der Waals surface area contributed by atoms with Crippen molar-refractivity contribution in [1.82, 2.24) is 30.8 Å². The van der Waals surface area contributed by atoms with Crippen LogP contribution in [0.15, 0.2) is 48.6 Å². The van der Waals surface area contributed by atoms with Crippen molar-refractivity contribution in [2.75, 3.05) is 12.8 Å². The van der Waals surface area contributed by atoms with Gasteiger partial charge in [0.2, 0.25) is 0 Å². The van der Waals surface area contributed by atoms with Crippen LogP contribution in [-0.2, 0) is 4.79 Å². The number of tetrazole rings is 1. The standard InChI is InChI=1S/C27H38N6O3S/c1-3-4-5-6-7-8-9-10-11-12-13-17-23(37-19-22-26(35)33(2)27(36)28-22)24(34)20-15-14-16-21(18-20)25-29-31-32-30-25/h11-18,22-24,34H,3-10,19H2,1-2H3,(H,28,36)(H,29,30,31,32)/b12-11-,17-13+/t22-,23-,24-/m0/s1. The predicted octanol–water partition coefficient (Wildman–Crippen LogP) is 4.81. The van der Waals surface area contributed by atoms with Crippen LogP contribution < -0.4 is 5.32 Å². The van der Waals surface area contributed by atoms with E-state index < -0.39 is 18.2 Å². The molecule has 1 aliphatic rings. The molecule has 0 aliphatic carbocycles. The number of likely N-dealkylation sites (N-methyl/N-ethyl adjacent to an activating group) is 1. The molecule has 1 aromatic heterocycles. The number of amides is 3. The first kappa shape index (κ1) is 28.6. The van der Waals surface area contributed by atoms with Gasteiger partial charge in [0.1, 0.15) is 6.04 Å². The van der Waals surface area contributed by atoms with Crippen molar-refractivity contribution in [3.63, 3.8) is 0 Å². The Labute approximate surface area is 223 Å². The Morgan fingerprint density at radius 2 is 1.92 bits per heavy atom. The van der Waals surface area contributed by atoms with Gasteiger partial charge in [-0.3, -0.25) is 9.69 Å². The van der Waals surface area contributed by atoms with Crippen LogP contribution in [0.5, 0.6) is 0 Å². The molecule has 1 aromatic carbocycles. The topological polar surface area (TPSA) is 124 Å². The molecule has 10 heteroatoms. The van der Waals surface area contributed by atoms with Gasteiger partial charge in [-0.1, -0.05) is 88.0 Å². The number of urea groups is 1. The fourth-order valence-electron chi connectivity index (χ4n) is 4.12. The second-order valence-electron chi connectivity index (χ2n) is 9.24. The number of hydrogen-bond donors (Lipinski definition) is 3. The zero-order chi connectivity index (χ0) is 26.5. The van der Waals surface area contributed by atoms with Gasteiger partial charge in [-0.25, -0.2) is 9.89 Å². The number of nitrogens with zero attached hydrogens (tertiary/aromatic N) is 4. The highest BCUT2D eigenvalue weighted by molar-refractivity contribution is 8.00. The summed E-state index contributed by atoms with van der Waals surface area (Å²) in [6, 6.07) is 6.41. The maximum atomic E-state index is 12.3. The third-order valence-electron chi connectivity index (χ3n) is 6.37. The second-order valence-corrected chi connectivity index (χ2v) is 10.5. The molecule has 0 bridgehead atoms. The van der Waals surface area contributed by atoms with Crippen molar-refractivity contribution < 1.29 is 14.7 Å². The number of aromatic amines is 1. The van der Waals surface area contributed by atoms with E-state index >= 15 is 0 Å². The highest BCUT2D eigenvalue weighted by Crippen LogP contribution is 2.31. The minimum Gasteiger partial charge on any atom is -0.387 e. The average molecular weight is 527 g/mol. The number of hydrogen-bond acceptors (Lipinski definition) is 7. The van der Waals surface area contributed by atoms with E-state index in [1.165, 1.54) is 63.8 Å². The van der Waals surface area contributed by atoms with E-state index in [4.69, 9.17) is 0 Å². The van der Waals surface area contributed by atoms with Crippen molar-refractivity contribution in [1.29, 1.82) is 0 Å². The van der Waals surface area contributed by atoms with E-state index in [9.17, 15) is 14.7 Å². The summed E-state index contributed by atoms with van der Waals surface area (Å²) in [6.07, 6.45) is 17.3. The molecule has 2 heterocycles. The number of benzene rings is 1. The maximum Gasteiger partial charge on any atom is 0.324 e. The summed E-state index contributed by atoms with van der Waals surface area (Å²) in [5, 5.41) is 27.5. The van der Waals surface area contributed by atoms with E-state index in [-0.39, 0.29) is 11.2 Å². The van der Waals surface area contributed by atoms with Gasteiger partial charge in [-0.15, -0.1) is 16.9 Å². The van der Waals surface area contributed by atoms with E-state index in [0.29, 0.717) is 17.1 Å². The van der Waals surface area contributed by atoms with Gasteiger partial charge >= 0.3 is 6.03 Å². The molecule has 200 valence electrons. The molecule has 3 atom stereocenters. The third-order valence-corrected chi connectivity index (χ3v) is 7.69. The Kier molecular flexibility index (Phi) is 11.8. The van der Waals surface area contributed by atoms with Crippen molar-refractivity contribution >= 4 is 23.7 Å². The van der Waals surface area contributed by atoms with Crippen LogP contribution in [0.4, 0.5) is 4.79 Å². The fraction of sp³-hybridized carbons (Fsp3) is 0.519. The van der Waals surface area contributed by atoms with Crippen molar-refractivity contribution in [2.24, 2.45) is 0 Å². The summed E-state index contributed by atoms with van der Waals surface area (Å²) in [4.78, 5) is 25.2. The van der Waals surface area contributed by atoms with Gasteiger partial charge in [0.15, 0.2) is 5.82 Å². The monoisotopic (exact) mass is 526 g/mol. The summed E-state index contributed by atoms with van der Waals surface area (Å²) in [7, 11) is 1.47. The largest absolute Gasteiger partial charge is 0.387 e. The number of aliphatic hydroxyl groups is 1. The van der Waals surface area contributed by atoms with Crippen LogP contribution in [0.25, 0.3) is 11.4 Å². The molecule has 9 nitrogen and oxygen atoms in total. The first-order chi connectivity index (χ1) is 18.0. The first-order valence-electron chi connectivity index (χ1n) is 13.1. The Morgan fingerprint density at radius 1 is 1.14 bits per heavy atom. The van der Waals surface area contributed by atoms with E-state index in [1.54, 1.807) is 0 Å². The Hall–Kier alpha value is -2.98. The van der Waals surface area contributed by atoms with Gasteiger partial charge in [-0.05, 0) is 34.9 Å². The molecular formula is C27H38N6O3S. The summed E-state index contributed by atoms with van der Waals surface area (Å²) < 4.78 is 0. The fourth-order valence-corrected chi connectivity index (χ4v) is 5.30. The van der Waals surface area contributed by atoms with Crippen molar-refractivity contribution in [3.05, 3.63) is 54.1 Å². The zero-order valence-corrected chi connectivity index (χ0v) is 22.5. The minimum absolute atomic E-state index is 0.260. The maximum absolute atomic E-state index is 12.3. The van der Waals surface area contributed by atoms with Crippen LogP contribution in [0.3, 0.4) is 0 Å². The molecule has 0 spiro atoms. The molecule has 37 heavy (non-hydrogen) atoms. The summed E-state index contributed by atoms with van der Waals surface area (Å²) >= 11 is 1.43. The number of rotatable bonds is 16. The number of aliphatic hydroxyl groups excluding tert-OH is 1. The number of carbonyl (C=O) groups excluding carboxylic acids is 2. The van der Waals surface area contributed by atoms with Gasteiger partial charge in [-0.2, -0.15) is 0 Å². The quantitative estimate of drug-likeness (QED) is 0.163. The van der Waals surface area contributed by atoms with Crippen LogP contribution in [0, 0.1) is 0 Å². The number of thioether (sulfide) groups is 1. The second kappa shape index (κ2) is 15.3. The molecule has 0 unspecified atom stereocenters. The van der Waals surface area contributed by atoms with E-state index in [1.807, 2.05) is 42.5 Å². The Morgan fingerprint density at radius 3 is 2.62 bits per heavy atom. The molecule has 1 fully saturated rings. The number of H-pyrrole nitrogens is 1. The van der Waals surface area contributed by atoms with Gasteiger partial charge in [0.05, 0.1) is 11.4 Å². The highest BCUT2D eigenvalue weighted by atomic mass is 32.2. The van der Waals surface area contributed by atoms with E-state index in [2.05, 4.69) is 38.9 Å². The molecule has 3 amide bonds. The zero-order valence-electron chi connectivity index (χ0n) is 21.7. The van der Waals surface area contributed by atoms with E-state index in [0.717, 1.165) is 16.9 Å². The summed E-state index contributed by atoms with van der Waals surface area (Å²) in [5.74, 6) is 0.613. The lowest BCUT2D eigenvalue weighted by Crippen LogP contribution is -2.32. The highest BCUT2D eigenvalue weighted by Gasteiger charge is 2.36. The lowest BCUT2D eigenvalue weighted by atomic mass is 10.0. The van der Waals surface area contributed by atoms with Crippen LogP contribution in [0.2, 0.25) is 0 Å². The summed E-state index contributed by atoms with van der Waals surface area (Å²) in [6.45, 7) is 2.23. The Balaban J connectivity index is 1.60. The lowest BCUT2D eigenvalue weighted by molar-refractivity contribution is -0.126. The van der Waals surface area contributed by atoms with Gasteiger partial charge in [0.25, 0.3) is 5.91 Å². The molecule has 0 saturated carbocycles. The minimum atomic E-state index is -0.835. The molecule has 3 rings (SSSR count). The molecule has 1 saturated heterocycles. The van der Waals surface area contributed by atoms with Crippen LogP contribution >= 0.6 is 11.8 Å². The number of carbonyl (C=O) groups is 2. The van der Waals surface area contributed by atoms with Gasteiger partial charge in [0, 0.05) is 18.4 Å². The smallest absolute Gasteiger partial charge is 0.324 e. The third kappa shape index (κ3) is 8.82. The molecule has 1 aliphatic heterocycles. The number of imide groups is 1. The van der Waals surface area contributed by atoms with Gasteiger partial charge < -0.3 is 10.4 Å². The van der Waals surface area contributed by atoms with Crippen LogP contribution in [-0.4, -0.2) is 66.7 Å². The van der Waals surface area contributed by atoms with Crippen molar-refractivity contribution in [3.8, 4) is 11.4 Å². The number of unbranched alkanes of at least 4 members (excludes halogenated alkanes) is 7. The molecule has 3 N–H and O–H groups in total. The normalized spacial score (nSPS) is 17.7. The molecule has 2 aromatic rings. The Bertz CT molecular complexity index is 1040. The number of aromatic nitrogens is 4. The number of nitrogens with one attached hydrogen (secondary N) is 2. The van der Waals surface area contributed by atoms with Crippen molar-refractivity contribution in [2.45, 2.75) is 75.7 Å². The SMILES string of the molecule is CCCCCCCCC/C=C\C=C\[C@H](SC[C@@H]1NC(=O)N(C)C1=O)[C@@H](O)c1cccc(-c2nnn[nH]2)c1. The molecular weight excluding hydrogens is 488 g/mol. The summed E-state index contributed by atoms with van der Waals surface area (Å²) in [5.41, 5.74) is 1.48. The molecule has 0 radical (unpaired) electrons.